The molecule has 1 saturated heterocycles. The number of benzene rings is 1. The fourth-order valence-electron chi connectivity index (χ4n) is 3.22. The van der Waals surface area contributed by atoms with Gasteiger partial charge >= 0.3 is 5.63 Å². The first-order valence-corrected chi connectivity index (χ1v) is 9.23. The Hall–Kier alpha value is -2.38. The number of carbonyl (C=O) groups is 1. The van der Waals surface area contributed by atoms with E-state index in [9.17, 15) is 9.59 Å². The molecular weight excluding hydrogens is 348 g/mol. The van der Waals surface area contributed by atoms with Crippen LogP contribution in [0.3, 0.4) is 0 Å². The first-order chi connectivity index (χ1) is 12.9. The van der Waals surface area contributed by atoms with Gasteiger partial charge in [-0.1, -0.05) is 0 Å². The van der Waals surface area contributed by atoms with Crippen LogP contribution in [0, 0.1) is 13.8 Å². The summed E-state index contributed by atoms with van der Waals surface area (Å²) in [5.74, 6) is 0.370. The minimum absolute atomic E-state index is 0.173. The van der Waals surface area contributed by atoms with E-state index in [1.165, 1.54) is 6.07 Å². The van der Waals surface area contributed by atoms with E-state index in [2.05, 4.69) is 10.2 Å². The number of hydrogen-bond donors (Lipinski definition) is 1. The monoisotopic (exact) mass is 374 g/mol. The number of carbonyl (C=O) groups excluding carboxylic acids is 1. The number of rotatable bonds is 6. The zero-order valence-corrected chi connectivity index (χ0v) is 16.0. The quantitative estimate of drug-likeness (QED) is 0.774. The molecule has 1 N–H and O–H groups in total. The van der Waals surface area contributed by atoms with Gasteiger partial charge in [0.05, 0.1) is 18.6 Å². The highest BCUT2D eigenvalue weighted by Gasteiger charge is 2.18. The number of ether oxygens (including phenoxy) is 2. The lowest BCUT2D eigenvalue weighted by molar-refractivity contribution is -0.127. The van der Waals surface area contributed by atoms with Gasteiger partial charge in [0.2, 0.25) is 0 Å². The van der Waals surface area contributed by atoms with Crippen LogP contribution in [0.2, 0.25) is 0 Å². The third-order valence-corrected chi connectivity index (χ3v) is 4.65. The van der Waals surface area contributed by atoms with Crippen molar-refractivity contribution in [1.82, 2.24) is 10.2 Å². The molecular formula is C20H26N2O5. The normalized spacial score (nSPS) is 16.3. The van der Waals surface area contributed by atoms with Crippen molar-refractivity contribution in [2.75, 3.05) is 39.4 Å². The van der Waals surface area contributed by atoms with Crippen LogP contribution in [0.1, 0.15) is 18.1 Å². The number of hydrogen-bond acceptors (Lipinski definition) is 6. The molecule has 7 heteroatoms. The molecule has 1 aliphatic heterocycles. The molecule has 0 saturated carbocycles. The zero-order chi connectivity index (χ0) is 19.4. The average Bonchev–Trinajstić information content (AvgIpc) is 2.61. The van der Waals surface area contributed by atoms with E-state index >= 15 is 0 Å². The van der Waals surface area contributed by atoms with E-state index in [0.29, 0.717) is 23.3 Å². The van der Waals surface area contributed by atoms with Crippen molar-refractivity contribution in [3.63, 3.8) is 0 Å². The van der Waals surface area contributed by atoms with Crippen LogP contribution in [-0.4, -0.2) is 56.3 Å². The number of aryl methyl sites for hydroxylation is 2. The topological polar surface area (TPSA) is 81.0 Å². The molecule has 0 bridgehead atoms. The minimum atomic E-state index is -0.661. The fourth-order valence-corrected chi connectivity index (χ4v) is 3.22. The molecule has 2 aromatic rings. The Bertz CT molecular complexity index is 871. The van der Waals surface area contributed by atoms with Crippen molar-refractivity contribution in [2.24, 2.45) is 0 Å². The second-order valence-electron chi connectivity index (χ2n) is 6.89. The SMILES string of the molecule is Cc1cc(O[C@@H](C)C(=O)NCCN2CCOCC2)c2c(C)cc(=O)oc2c1. The Morgan fingerprint density at radius 1 is 1.26 bits per heavy atom. The zero-order valence-electron chi connectivity index (χ0n) is 16.0. The fraction of sp³-hybridized carbons (Fsp3) is 0.500. The van der Waals surface area contributed by atoms with Crippen molar-refractivity contribution >= 4 is 16.9 Å². The van der Waals surface area contributed by atoms with Gasteiger partial charge in [-0.2, -0.15) is 0 Å². The molecule has 1 aliphatic rings. The van der Waals surface area contributed by atoms with Crippen LogP contribution in [0.4, 0.5) is 0 Å². The Labute approximate surface area is 158 Å². The van der Waals surface area contributed by atoms with Gasteiger partial charge in [0.25, 0.3) is 5.91 Å². The maximum absolute atomic E-state index is 12.4. The van der Waals surface area contributed by atoms with Gasteiger partial charge in [-0.15, -0.1) is 0 Å². The van der Waals surface area contributed by atoms with E-state index in [4.69, 9.17) is 13.9 Å². The molecule has 1 amide bonds. The molecule has 3 rings (SSSR count). The first kappa shape index (κ1) is 19.4. The predicted molar refractivity (Wildman–Crippen MR) is 102 cm³/mol. The molecule has 2 heterocycles. The number of morpholine rings is 1. The first-order valence-electron chi connectivity index (χ1n) is 9.23. The van der Waals surface area contributed by atoms with Crippen molar-refractivity contribution in [3.8, 4) is 5.75 Å². The molecule has 0 unspecified atom stereocenters. The second-order valence-corrected chi connectivity index (χ2v) is 6.89. The molecule has 1 atom stereocenters. The van der Waals surface area contributed by atoms with Gasteiger partial charge < -0.3 is 19.2 Å². The number of nitrogens with one attached hydrogen (secondary N) is 1. The Kier molecular flexibility index (Phi) is 6.13. The molecule has 27 heavy (non-hydrogen) atoms. The molecule has 0 aliphatic carbocycles. The van der Waals surface area contributed by atoms with E-state index < -0.39 is 11.7 Å². The maximum Gasteiger partial charge on any atom is 0.336 e. The number of nitrogens with zero attached hydrogens (tertiary/aromatic N) is 1. The third kappa shape index (κ3) is 4.87. The average molecular weight is 374 g/mol. The van der Waals surface area contributed by atoms with E-state index in [1.54, 1.807) is 13.0 Å². The van der Waals surface area contributed by atoms with Crippen LogP contribution in [0.15, 0.2) is 27.4 Å². The van der Waals surface area contributed by atoms with Crippen molar-refractivity contribution in [1.29, 1.82) is 0 Å². The van der Waals surface area contributed by atoms with Crippen molar-refractivity contribution in [2.45, 2.75) is 26.9 Å². The summed E-state index contributed by atoms with van der Waals surface area (Å²) in [5, 5.41) is 3.63. The molecule has 1 fully saturated rings. The van der Waals surface area contributed by atoms with E-state index in [-0.39, 0.29) is 5.91 Å². The summed E-state index contributed by atoms with van der Waals surface area (Å²) in [4.78, 5) is 26.3. The summed E-state index contributed by atoms with van der Waals surface area (Å²) in [6, 6.07) is 5.08. The summed E-state index contributed by atoms with van der Waals surface area (Å²) < 4.78 is 16.5. The summed E-state index contributed by atoms with van der Waals surface area (Å²) in [7, 11) is 0. The second kappa shape index (κ2) is 8.54. The lowest BCUT2D eigenvalue weighted by Gasteiger charge is -2.26. The van der Waals surface area contributed by atoms with Gasteiger partial charge in [-0.25, -0.2) is 4.79 Å². The molecule has 0 radical (unpaired) electrons. The van der Waals surface area contributed by atoms with Gasteiger partial charge in [0.1, 0.15) is 11.3 Å². The summed E-state index contributed by atoms with van der Waals surface area (Å²) in [6.45, 7) is 10.0. The Morgan fingerprint density at radius 3 is 2.74 bits per heavy atom. The Morgan fingerprint density at radius 2 is 2.00 bits per heavy atom. The summed E-state index contributed by atoms with van der Waals surface area (Å²) in [5.41, 5.74) is 1.72. The minimum Gasteiger partial charge on any atom is -0.480 e. The van der Waals surface area contributed by atoms with Crippen molar-refractivity contribution < 1.29 is 18.7 Å². The van der Waals surface area contributed by atoms with Crippen LogP contribution < -0.4 is 15.7 Å². The lowest BCUT2D eigenvalue weighted by Crippen LogP contribution is -2.43. The van der Waals surface area contributed by atoms with Crippen LogP contribution in [-0.2, 0) is 9.53 Å². The highest BCUT2D eigenvalue weighted by molar-refractivity contribution is 5.88. The van der Waals surface area contributed by atoms with Crippen LogP contribution >= 0.6 is 0 Å². The summed E-state index contributed by atoms with van der Waals surface area (Å²) in [6.07, 6.45) is -0.661. The lowest BCUT2D eigenvalue weighted by atomic mass is 10.1. The molecule has 1 aromatic heterocycles. The molecule has 0 spiro atoms. The van der Waals surface area contributed by atoms with Gasteiger partial charge in [0.15, 0.2) is 6.10 Å². The van der Waals surface area contributed by atoms with Crippen LogP contribution in [0.5, 0.6) is 5.75 Å². The van der Waals surface area contributed by atoms with Gasteiger partial charge in [-0.3, -0.25) is 9.69 Å². The largest absolute Gasteiger partial charge is 0.480 e. The molecule has 7 nitrogen and oxygen atoms in total. The maximum atomic E-state index is 12.4. The standard InChI is InChI=1S/C20H26N2O5/c1-13-10-16(19-14(2)12-18(23)27-17(19)11-13)26-15(3)20(24)21-4-5-22-6-8-25-9-7-22/h10-12,15H,4-9H2,1-3H3,(H,21,24)/t15-/m0/s1. The van der Waals surface area contributed by atoms with Gasteiger partial charge in [-0.05, 0) is 44.0 Å². The van der Waals surface area contributed by atoms with E-state index in [0.717, 1.165) is 44.0 Å². The number of amides is 1. The smallest absolute Gasteiger partial charge is 0.336 e. The third-order valence-electron chi connectivity index (χ3n) is 4.65. The highest BCUT2D eigenvalue weighted by Crippen LogP contribution is 2.30. The van der Waals surface area contributed by atoms with Gasteiger partial charge in [0, 0.05) is 32.2 Å². The van der Waals surface area contributed by atoms with Crippen molar-refractivity contribution in [3.05, 3.63) is 39.7 Å². The molecule has 1 aromatic carbocycles. The van der Waals surface area contributed by atoms with E-state index in [1.807, 2.05) is 19.9 Å². The number of fused-ring (bicyclic) bond motifs is 1. The Balaban J connectivity index is 1.65. The van der Waals surface area contributed by atoms with Crippen LogP contribution in [0.25, 0.3) is 11.0 Å². The predicted octanol–water partition coefficient (Wildman–Crippen LogP) is 1.63. The molecule has 146 valence electrons. The summed E-state index contributed by atoms with van der Waals surface area (Å²) >= 11 is 0. The highest BCUT2D eigenvalue weighted by atomic mass is 16.5.